The fraction of sp³-hybridized carbons (Fsp3) is 0.484. The summed E-state index contributed by atoms with van der Waals surface area (Å²) in [6.45, 7) is 6.00. The van der Waals surface area contributed by atoms with Gasteiger partial charge in [0, 0.05) is 44.7 Å². The van der Waals surface area contributed by atoms with Crippen LogP contribution in [0, 0.1) is 24.6 Å². The molecule has 2 N–H and O–H groups in total. The Hall–Kier alpha value is -4.96. The van der Waals surface area contributed by atoms with Crippen molar-refractivity contribution in [1.29, 1.82) is 0 Å². The average molecular weight is 678 g/mol. The number of amidine groups is 1. The molecule has 13 nitrogen and oxygen atoms in total. The van der Waals surface area contributed by atoms with Gasteiger partial charge in [-0.2, -0.15) is 13.2 Å². The van der Waals surface area contributed by atoms with Crippen LogP contribution in [-0.2, 0) is 25.3 Å². The van der Waals surface area contributed by atoms with Gasteiger partial charge in [0.1, 0.15) is 23.3 Å². The summed E-state index contributed by atoms with van der Waals surface area (Å²) in [5, 5.41) is 15.6. The summed E-state index contributed by atoms with van der Waals surface area (Å²) >= 11 is 0. The summed E-state index contributed by atoms with van der Waals surface area (Å²) < 4.78 is 61.9. The van der Waals surface area contributed by atoms with E-state index in [2.05, 4.69) is 15.5 Å². The number of amides is 4. The molecule has 1 aromatic carbocycles. The first-order chi connectivity index (χ1) is 22.4. The number of nitrogens with zero attached hydrogens (tertiary/aromatic N) is 6. The maximum Gasteiger partial charge on any atom is 0.416 e. The quantitative estimate of drug-likeness (QED) is 0.164. The maximum absolute atomic E-state index is 15.5. The molecule has 4 amide bonds. The lowest BCUT2D eigenvalue weighted by Crippen LogP contribution is -2.58. The molecule has 0 spiro atoms. The van der Waals surface area contributed by atoms with Crippen LogP contribution >= 0.6 is 0 Å². The van der Waals surface area contributed by atoms with Crippen LogP contribution in [0.1, 0.15) is 38.4 Å². The minimum absolute atomic E-state index is 0.0167. The molecule has 0 unspecified atom stereocenters. The van der Waals surface area contributed by atoms with Gasteiger partial charge in [-0.15, -0.1) is 0 Å². The summed E-state index contributed by atoms with van der Waals surface area (Å²) in [5.41, 5.74) is -1.79. The van der Waals surface area contributed by atoms with Gasteiger partial charge < -0.3 is 30.0 Å². The summed E-state index contributed by atoms with van der Waals surface area (Å²) in [4.78, 5) is 61.6. The third-order valence-electron chi connectivity index (χ3n) is 8.26. The highest BCUT2D eigenvalue weighted by Gasteiger charge is 2.50. The number of rotatable bonds is 4. The first-order valence-electron chi connectivity index (χ1n) is 15.1. The van der Waals surface area contributed by atoms with Crippen molar-refractivity contribution in [3.05, 3.63) is 47.4 Å². The van der Waals surface area contributed by atoms with E-state index >= 15 is 4.39 Å². The van der Waals surface area contributed by atoms with E-state index in [-0.39, 0.29) is 61.3 Å². The van der Waals surface area contributed by atoms with E-state index in [0.29, 0.717) is 6.07 Å². The van der Waals surface area contributed by atoms with Crippen LogP contribution in [0.25, 0.3) is 0 Å². The molecule has 2 fully saturated rings. The normalized spacial score (nSPS) is 20.6. The largest absolute Gasteiger partial charge is 0.444 e. The van der Waals surface area contributed by atoms with Crippen LogP contribution in [0.4, 0.5) is 39.5 Å². The van der Waals surface area contributed by atoms with Gasteiger partial charge in [0.15, 0.2) is 5.84 Å². The zero-order valence-corrected chi connectivity index (χ0v) is 26.8. The molecule has 2 atom stereocenters. The second kappa shape index (κ2) is 12.6. The zero-order valence-electron chi connectivity index (χ0n) is 26.8. The number of aryl methyl sites for hydroxylation is 1. The molecular formula is C31H35F4N7O6. The van der Waals surface area contributed by atoms with E-state index in [4.69, 9.17) is 4.74 Å². The Morgan fingerprint density at radius 2 is 1.81 bits per heavy atom. The molecule has 0 saturated carbocycles. The number of fused-ring (bicyclic) bond motifs is 2. The monoisotopic (exact) mass is 677 g/mol. The minimum Gasteiger partial charge on any atom is -0.444 e. The molecule has 17 heteroatoms. The number of halogens is 4. The number of ether oxygens (including phenoxy) is 1. The first-order valence-corrected chi connectivity index (χ1v) is 15.1. The number of likely N-dealkylation sites (N-methyl/N-ethyl adjacent to an activating group) is 1. The van der Waals surface area contributed by atoms with E-state index in [1.807, 2.05) is 0 Å². The molecule has 0 radical (unpaired) electrons. The lowest BCUT2D eigenvalue weighted by Gasteiger charge is -2.39. The number of aromatic nitrogens is 1. The Bertz CT molecular complexity index is 1670. The average Bonchev–Trinajstić information content (AvgIpc) is 3.27. The molecule has 2 aromatic rings. The third kappa shape index (κ3) is 6.85. The highest BCUT2D eigenvalue weighted by atomic mass is 19.4. The Morgan fingerprint density at radius 1 is 1.12 bits per heavy atom. The number of nitrogens with one attached hydrogen (secondary N) is 1. The lowest BCUT2D eigenvalue weighted by atomic mass is 9.95. The van der Waals surface area contributed by atoms with Crippen molar-refractivity contribution in [2.24, 2.45) is 17.0 Å². The highest BCUT2D eigenvalue weighted by molar-refractivity contribution is 6.10. The van der Waals surface area contributed by atoms with Gasteiger partial charge in [-0.05, 0) is 52.0 Å². The van der Waals surface area contributed by atoms with E-state index in [0.717, 1.165) is 21.9 Å². The second-order valence-corrected chi connectivity index (χ2v) is 13.0. The molecule has 0 bridgehead atoms. The van der Waals surface area contributed by atoms with Crippen molar-refractivity contribution in [2.45, 2.75) is 51.9 Å². The van der Waals surface area contributed by atoms with Crippen molar-refractivity contribution in [3.63, 3.8) is 0 Å². The fourth-order valence-electron chi connectivity index (χ4n) is 6.05. The van der Waals surface area contributed by atoms with Gasteiger partial charge in [-0.25, -0.2) is 14.2 Å². The number of oxime groups is 1. The number of carbonyl (C=O) groups excluding carboxylic acids is 4. The van der Waals surface area contributed by atoms with Gasteiger partial charge in [0.25, 0.3) is 0 Å². The Morgan fingerprint density at radius 3 is 2.44 bits per heavy atom. The number of likely N-dealkylation sites (tertiary alicyclic amines) is 1. The number of carbonyl (C=O) groups is 4. The Balaban J connectivity index is 1.41. The SMILES string of the molecule is Cc1cc(C(F)(F)F)cc(N2C(=O)C[C@@H]3CN(CC(=NO)NC(=O)C4CN(C(=O)OC(C)(C)C)C4)c4c(F)cccc4N(C)C(=O)[C@H]32)n1. The number of benzene rings is 1. The number of hydrogen-bond acceptors (Lipinski definition) is 9. The fourth-order valence-corrected chi connectivity index (χ4v) is 6.05. The van der Waals surface area contributed by atoms with Crippen LogP contribution in [0.3, 0.4) is 0 Å². The standard InChI is InChI=1S/C31H35F4N7O6/c1-16-9-19(31(33,34)35)11-23(36-16)42-24(43)10-17-12-40(26-20(32)7-6-8-21(26)39(5)28(45)25(17)42)15-22(38-47)37-27(44)18-13-41(14-18)29(46)48-30(2,3)4/h6-9,11,17-18,25,47H,10,12-15H2,1-5H3,(H,37,38,44)/t17-,25+/m1/s1. The summed E-state index contributed by atoms with van der Waals surface area (Å²) in [6, 6.07) is 4.19. The van der Waals surface area contributed by atoms with E-state index in [9.17, 15) is 37.6 Å². The van der Waals surface area contributed by atoms with Crippen molar-refractivity contribution in [3.8, 4) is 0 Å². The molecule has 5 rings (SSSR count). The number of para-hydroxylation sites is 1. The molecule has 2 saturated heterocycles. The number of pyridine rings is 1. The summed E-state index contributed by atoms with van der Waals surface area (Å²) in [5.74, 6) is -4.80. The second-order valence-electron chi connectivity index (χ2n) is 13.0. The number of alkyl halides is 3. The van der Waals surface area contributed by atoms with Crippen LogP contribution in [0.15, 0.2) is 35.5 Å². The first kappa shape index (κ1) is 34.4. The third-order valence-corrected chi connectivity index (χ3v) is 8.26. The number of anilines is 3. The molecule has 4 heterocycles. The van der Waals surface area contributed by atoms with Crippen LogP contribution in [0.2, 0.25) is 0 Å². The van der Waals surface area contributed by atoms with Crippen molar-refractivity contribution in [1.82, 2.24) is 15.2 Å². The van der Waals surface area contributed by atoms with Crippen molar-refractivity contribution >= 4 is 46.8 Å². The minimum atomic E-state index is -4.74. The Labute approximate surface area is 273 Å². The summed E-state index contributed by atoms with van der Waals surface area (Å²) in [6.07, 6.45) is -5.61. The van der Waals surface area contributed by atoms with Crippen LogP contribution < -0.4 is 20.0 Å². The van der Waals surface area contributed by atoms with E-state index < -0.39 is 64.9 Å². The molecule has 0 aliphatic carbocycles. The number of hydrogen-bond donors (Lipinski definition) is 2. The predicted octanol–water partition coefficient (Wildman–Crippen LogP) is 3.52. The summed E-state index contributed by atoms with van der Waals surface area (Å²) in [7, 11) is 1.35. The smallest absolute Gasteiger partial charge is 0.416 e. The topological polar surface area (TPSA) is 148 Å². The van der Waals surface area contributed by atoms with Crippen LogP contribution in [-0.4, -0.2) is 89.6 Å². The lowest BCUT2D eigenvalue weighted by molar-refractivity contribution is -0.137. The van der Waals surface area contributed by atoms with E-state index in [1.165, 1.54) is 35.9 Å². The van der Waals surface area contributed by atoms with Crippen molar-refractivity contribution < 1.29 is 46.7 Å². The Kier molecular flexibility index (Phi) is 9.01. The van der Waals surface area contributed by atoms with Gasteiger partial charge in [-0.1, -0.05) is 11.2 Å². The van der Waals surface area contributed by atoms with Gasteiger partial charge in [0.2, 0.25) is 17.7 Å². The molecule has 48 heavy (non-hydrogen) atoms. The van der Waals surface area contributed by atoms with Gasteiger partial charge >= 0.3 is 12.3 Å². The molecule has 1 aromatic heterocycles. The molecule has 3 aliphatic heterocycles. The molecular weight excluding hydrogens is 642 g/mol. The highest BCUT2D eigenvalue weighted by Crippen LogP contribution is 2.41. The predicted molar refractivity (Wildman–Crippen MR) is 164 cm³/mol. The van der Waals surface area contributed by atoms with Gasteiger partial charge in [0.05, 0.1) is 29.4 Å². The van der Waals surface area contributed by atoms with Crippen LogP contribution in [0.5, 0.6) is 0 Å². The zero-order chi connectivity index (χ0) is 35.3. The molecule has 3 aliphatic rings. The maximum atomic E-state index is 15.5. The molecule has 258 valence electrons. The van der Waals surface area contributed by atoms with E-state index in [1.54, 1.807) is 20.8 Å². The van der Waals surface area contributed by atoms with Gasteiger partial charge in [-0.3, -0.25) is 19.3 Å². The van der Waals surface area contributed by atoms with Crippen molar-refractivity contribution in [2.75, 3.05) is 47.9 Å².